The number of pyridine rings is 1. The van der Waals surface area contributed by atoms with Crippen molar-refractivity contribution in [1.82, 2.24) is 9.71 Å². The van der Waals surface area contributed by atoms with Gasteiger partial charge in [-0.05, 0) is 42.5 Å². The molecule has 0 aliphatic carbocycles. The Morgan fingerprint density at radius 3 is 2.39 bits per heavy atom. The molecule has 0 aliphatic rings. The maximum atomic E-state index is 12.6. The molecule has 3 aromatic rings. The second-order valence-corrected chi connectivity index (χ2v) is 10.2. The Kier molecular flexibility index (Phi) is 9.89. The van der Waals surface area contributed by atoms with Gasteiger partial charge in [0.2, 0.25) is 10.0 Å². The Hall–Kier alpha value is -1.95. The first kappa shape index (κ1) is 27.3. The summed E-state index contributed by atoms with van der Waals surface area (Å²) >= 11 is 5.78. The quantitative estimate of drug-likeness (QED) is 0.202. The fraction of sp³-hybridized carbons (Fsp3) is 0.0526. The van der Waals surface area contributed by atoms with Crippen LogP contribution < -0.4 is 19.9 Å². The first-order chi connectivity index (χ1) is 15.1. The molecule has 170 valence electrons. The Balaban J connectivity index is 0.00000385. The van der Waals surface area contributed by atoms with Gasteiger partial charge in [-0.1, -0.05) is 35.9 Å². The summed E-state index contributed by atoms with van der Waals surface area (Å²) in [7, 11) is -8.62. The number of carbonyl (C=O) groups excluding carboxylic acids is 1. The van der Waals surface area contributed by atoms with Crippen molar-refractivity contribution in [3.05, 3.63) is 78.1 Å². The van der Waals surface area contributed by atoms with Crippen LogP contribution in [0, 0.1) is 0 Å². The van der Waals surface area contributed by atoms with Crippen LogP contribution in [-0.2, 0) is 14.6 Å². The molecule has 0 bridgehead atoms. The molecule has 2 amide bonds. The van der Waals surface area contributed by atoms with Gasteiger partial charge in [0.1, 0.15) is 6.29 Å². The Morgan fingerprint density at radius 2 is 1.70 bits per heavy atom. The molecule has 1 aromatic heterocycles. The van der Waals surface area contributed by atoms with Crippen molar-refractivity contribution in [3.63, 3.8) is 0 Å². The number of sulfonamides is 1. The van der Waals surface area contributed by atoms with Crippen molar-refractivity contribution in [2.24, 2.45) is 0 Å². The normalized spacial score (nSPS) is 12.7. The van der Waals surface area contributed by atoms with Gasteiger partial charge >= 0.3 is 43.2 Å². The third-order valence-electron chi connectivity index (χ3n) is 3.85. The summed E-state index contributed by atoms with van der Waals surface area (Å²) in [5.41, 5.74) is 0.759. The molecule has 0 spiro atoms. The van der Waals surface area contributed by atoms with Crippen LogP contribution in [0.4, 0.5) is 16.2 Å². The Labute approximate surface area is 217 Å². The number of rotatable bonds is 8. The molecule has 4 N–H and O–H groups in total. The number of hydrogen-bond donors (Lipinski definition) is 4. The number of nitrogens with one attached hydrogen (secondary N) is 3. The molecule has 2 aromatic carbocycles. The van der Waals surface area contributed by atoms with E-state index in [2.05, 4.69) is 15.6 Å². The van der Waals surface area contributed by atoms with Gasteiger partial charge in [0.25, 0.3) is 0 Å². The van der Waals surface area contributed by atoms with E-state index in [4.69, 9.17) is 16.1 Å². The summed E-state index contributed by atoms with van der Waals surface area (Å²) in [5.74, 6) is -0.158. The van der Waals surface area contributed by atoms with E-state index in [1.807, 2.05) is 4.72 Å². The van der Waals surface area contributed by atoms with E-state index in [0.717, 1.165) is 0 Å². The van der Waals surface area contributed by atoms with Crippen LogP contribution in [0.25, 0.3) is 0 Å². The van der Waals surface area contributed by atoms with Crippen LogP contribution in [0.5, 0.6) is 5.75 Å². The van der Waals surface area contributed by atoms with E-state index in [9.17, 15) is 22.7 Å². The van der Waals surface area contributed by atoms with Crippen molar-refractivity contribution in [3.8, 4) is 5.75 Å². The zero-order valence-electron chi connectivity index (χ0n) is 16.3. The van der Waals surface area contributed by atoms with E-state index in [1.54, 1.807) is 30.3 Å². The first-order valence-electron chi connectivity index (χ1n) is 8.99. The Morgan fingerprint density at radius 1 is 1.03 bits per heavy atom. The molecule has 1 heterocycles. The fourth-order valence-corrected chi connectivity index (χ4v) is 5.20. The molecule has 0 radical (unpaired) electrons. The third kappa shape index (κ3) is 8.40. The predicted octanol–water partition coefficient (Wildman–Crippen LogP) is 3.23. The van der Waals surface area contributed by atoms with Crippen LogP contribution in [0.1, 0.15) is 0 Å². The van der Waals surface area contributed by atoms with Crippen molar-refractivity contribution in [1.29, 1.82) is 0 Å². The predicted molar refractivity (Wildman–Crippen MR) is 128 cm³/mol. The van der Waals surface area contributed by atoms with Gasteiger partial charge in [-0.3, -0.25) is 0 Å². The van der Waals surface area contributed by atoms with Gasteiger partial charge in [0.05, 0.1) is 4.90 Å². The number of carbonyl (C=O) groups is 1. The van der Waals surface area contributed by atoms with Gasteiger partial charge < -0.3 is 20.1 Å². The van der Waals surface area contributed by atoms with Gasteiger partial charge in [-0.2, -0.15) is 4.72 Å². The fourth-order valence-electron chi connectivity index (χ4n) is 2.43. The Bertz CT molecular complexity index is 1270. The molecule has 1 unspecified atom stereocenters. The van der Waals surface area contributed by atoms with Crippen LogP contribution in [0.3, 0.4) is 0 Å². The van der Waals surface area contributed by atoms with Crippen LogP contribution >= 0.6 is 19.2 Å². The molecule has 0 aliphatic heterocycles. The summed E-state index contributed by atoms with van der Waals surface area (Å²) < 4.78 is 44.3. The van der Waals surface area contributed by atoms with Gasteiger partial charge in [-0.15, -0.1) is 0 Å². The molecule has 14 heteroatoms. The van der Waals surface area contributed by atoms with Crippen LogP contribution in [0.2, 0.25) is 5.15 Å². The monoisotopic (exact) mass is 520 g/mol. The van der Waals surface area contributed by atoms with E-state index in [0.29, 0.717) is 5.69 Å². The number of amides is 2. The number of aromatic nitrogens is 1. The van der Waals surface area contributed by atoms with Gasteiger partial charge in [0.15, 0.2) is 10.9 Å². The summed E-state index contributed by atoms with van der Waals surface area (Å²) in [4.78, 5) is 25.6. The molecule has 3 rings (SSSR count). The number of benzene rings is 2. The number of halogens is 1. The topological polar surface area (TPSA) is 147 Å². The number of hydrogen-bond acceptors (Lipinski definition) is 6. The average Bonchev–Trinajstić information content (AvgIpc) is 2.75. The van der Waals surface area contributed by atoms with Crippen molar-refractivity contribution in [2.75, 3.05) is 16.9 Å². The SMILES string of the molecule is O=C(Nc1ccccc1)Nc1cccc(S(=O)(=O)NCP(=O)(O)Oc2cccnc2Cl)c1.[NaH]. The summed E-state index contributed by atoms with van der Waals surface area (Å²) in [6.07, 6.45) is 0.452. The minimum absolute atomic E-state index is 0. The van der Waals surface area contributed by atoms with Gasteiger partial charge in [0, 0.05) is 17.6 Å². The van der Waals surface area contributed by atoms with Crippen LogP contribution in [-0.4, -0.2) is 60.2 Å². The summed E-state index contributed by atoms with van der Waals surface area (Å²) in [5, 5.41) is 4.98. The number of urea groups is 1. The van der Waals surface area contributed by atoms with E-state index in [1.165, 1.54) is 42.6 Å². The zero-order chi connectivity index (χ0) is 23.2. The molecule has 0 saturated heterocycles. The average molecular weight is 521 g/mol. The second kappa shape index (κ2) is 12.0. The summed E-state index contributed by atoms with van der Waals surface area (Å²) in [6.45, 7) is 0. The molecular weight excluding hydrogens is 502 g/mol. The van der Waals surface area contributed by atoms with E-state index < -0.39 is 29.9 Å². The summed E-state index contributed by atoms with van der Waals surface area (Å²) in [6, 6.07) is 16.3. The number of nitrogens with zero attached hydrogens (tertiary/aromatic N) is 1. The van der Waals surface area contributed by atoms with Gasteiger partial charge in [-0.25, -0.2) is 22.8 Å². The zero-order valence-corrected chi connectivity index (χ0v) is 18.8. The molecule has 10 nitrogen and oxygen atoms in total. The van der Waals surface area contributed by atoms with Crippen molar-refractivity contribution in [2.45, 2.75) is 4.90 Å². The van der Waals surface area contributed by atoms with E-state index in [-0.39, 0.29) is 51.0 Å². The number of anilines is 2. The van der Waals surface area contributed by atoms with Crippen LogP contribution in [0.15, 0.2) is 77.8 Å². The van der Waals surface area contributed by atoms with Crippen molar-refractivity contribution >= 4 is 76.2 Å². The molecular formula is C19H19ClN4NaO6PS. The molecule has 33 heavy (non-hydrogen) atoms. The van der Waals surface area contributed by atoms with E-state index >= 15 is 0 Å². The van der Waals surface area contributed by atoms with Crippen molar-refractivity contribution < 1.29 is 27.2 Å². The third-order valence-corrected chi connectivity index (χ3v) is 6.79. The molecule has 0 fully saturated rings. The number of para-hydroxylation sites is 1. The first-order valence-corrected chi connectivity index (χ1v) is 12.6. The second-order valence-electron chi connectivity index (χ2n) is 6.30. The maximum absolute atomic E-state index is 12.6. The molecule has 0 saturated carbocycles. The molecule has 1 atom stereocenters. The minimum atomic E-state index is -4.43. The standard InChI is InChI=1S/C19H18ClN4O6PS.Na.H/c20-18-17(10-5-11-21-18)30-31(26,27)13-22-32(28,29)16-9-4-8-15(12-16)24-19(25)23-14-6-2-1-3-7-14;;/h1-12,22H,13H2,(H,26,27)(H2,23,24,25);;.